The molecule has 0 saturated heterocycles. The van der Waals surface area contributed by atoms with Gasteiger partial charge in [-0.2, -0.15) is 0 Å². The predicted octanol–water partition coefficient (Wildman–Crippen LogP) is 2.01. The summed E-state index contributed by atoms with van der Waals surface area (Å²) in [6, 6.07) is 0. The minimum absolute atomic E-state index is 0.0276. The highest BCUT2D eigenvalue weighted by molar-refractivity contribution is 5.09. The van der Waals surface area contributed by atoms with Gasteiger partial charge in [0.2, 0.25) is 0 Å². The van der Waals surface area contributed by atoms with Gasteiger partial charge in [0, 0.05) is 6.20 Å². The van der Waals surface area contributed by atoms with Gasteiger partial charge in [-0.05, 0) is 32.1 Å². The first kappa shape index (κ1) is 9.26. The van der Waals surface area contributed by atoms with Gasteiger partial charge in [0.25, 0.3) is 0 Å². The SMILES string of the molecule is C/C(=C\NN)C1CC=C(F)CC1. The van der Waals surface area contributed by atoms with Crippen molar-refractivity contribution in [3.05, 3.63) is 23.7 Å². The van der Waals surface area contributed by atoms with Crippen LogP contribution in [0, 0.1) is 5.92 Å². The second kappa shape index (κ2) is 4.26. The van der Waals surface area contributed by atoms with Gasteiger partial charge >= 0.3 is 0 Å². The average Bonchev–Trinajstić information content (AvgIpc) is 2.06. The zero-order chi connectivity index (χ0) is 8.97. The molecule has 0 amide bonds. The monoisotopic (exact) mass is 170 g/mol. The van der Waals surface area contributed by atoms with Crippen LogP contribution in [0.3, 0.4) is 0 Å². The molecule has 1 aliphatic rings. The second-order valence-electron chi connectivity index (χ2n) is 3.18. The van der Waals surface area contributed by atoms with Gasteiger partial charge in [-0.15, -0.1) is 0 Å². The third kappa shape index (κ3) is 2.34. The molecule has 3 N–H and O–H groups in total. The van der Waals surface area contributed by atoms with Crippen molar-refractivity contribution in [1.82, 2.24) is 5.43 Å². The van der Waals surface area contributed by atoms with Gasteiger partial charge in [-0.1, -0.05) is 11.6 Å². The molecule has 0 bridgehead atoms. The van der Waals surface area contributed by atoms with Crippen LogP contribution in [0.25, 0.3) is 0 Å². The summed E-state index contributed by atoms with van der Waals surface area (Å²) >= 11 is 0. The fourth-order valence-electron chi connectivity index (χ4n) is 1.47. The number of nitrogens with one attached hydrogen (secondary N) is 1. The first-order chi connectivity index (χ1) is 5.74. The molecule has 1 atom stereocenters. The summed E-state index contributed by atoms with van der Waals surface area (Å²) in [4.78, 5) is 0. The van der Waals surface area contributed by atoms with Crippen LogP contribution in [-0.4, -0.2) is 0 Å². The maximum Gasteiger partial charge on any atom is 0.0960 e. The Bertz CT molecular complexity index is 209. The molecule has 0 saturated carbocycles. The van der Waals surface area contributed by atoms with Gasteiger partial charge < -0.3 is 5.43 Å². The molecule has 1 unspecified atom stereocenters. The Labute approximate surface area is 72.3 Å². The number of rotatable bonds is 2. The van der Waals surface area contributed by atoms with E-state index in [0.717, 1.165) is 12.8 Å². The van der Waals surface area contributed by atoms with Crippen molar-refractivity contribution >= 4 is 0 Å². The summed E-state index contributed by atoms with van der Waals surface area (Å²) in [5.41, 5.74) is 3.70. The van der Waals surface area contributed by atoms with Gasteiger partial charge in [-0.3, -0.25) is 5.84 Å². The van der Waals surface area contributed by atoms with E-state index in [1.54, 1.807) is 12.3 Å². The van der Waals surface area contributed by atoms with Crippen LogP contribution in [0.5, 0.6) is 0 Å². The Balaban J connectivity index is 2.51. The number of hydrogen-bond donors (Lipinski definition) is 2. The van der Waals surface area contributed by atoms with E-state index >= 15 is 0 Å². The molecule has 0 fully saturated rings. The van der Waals surface area contributed by atoms with Crippen LogP contribution >= 0.6 is 0 Å². The fraction of sp³-hybridized carbons (Fsp3) is 0.556. The maximum atomic E-state index is 12.6. The Morgan fingerprint density at radius 1 is 1.83 bits per heavy atom. The molecule has 0 aromatic heterocycles. The van der Waals surface area contributed by atoms with E-state index in [2.05, 4.69) is 5.43 Å². The highest BCUT2D eigenvalue weighted by atomic mass is 19.1. The molecule has 0 aromatic rings. The Hall–Kier alpha value is -0.830. The van der Waals surface area contributed by atoms with E-state index in [0.29, 0.717) is 12.3 Å². The summed E-state index contributed by atoms with van der Waals surface area (Å²) < 4.78 is 12.6. The normalized spacial score (nSPS) is 25.1. The lowest BCUT2D eigenvalue weighted by atomic mass is 9.88. The van der Waals surface area contributed by atoms with Gasteiger partial charge in [-0.25, -0.2) is 4.39 Å². The van der Waals surface area contributed by atoms with E-state index in [9.17, 15) is 4.39 Å². The molecule has 0 aliphatic heterocycles. The van der Waals surface area contributed by atoms with Gasteiger partial charge in [0.1, 0.15) is 0 Å². The lowest BCUT2D eigenvalue weighted by Crippen LogP contribution is -2.16. The third-order valence-corrected chi connectivity index (χ3v) is 2.31. The largest absolute Gasteiger partial charge is 0.331 e. The number of halogens is 1. The van der Waals surface area contributed by atoms with Crippen molar-refractivity contribution in [2.45, 2.75) is 26.2 Å². The van der Waals surface area contributed by atoms with Gasteiger partial charge in [0.05, 0.1) is 5.83 Å². The number of allylic oxidation sites excluding steroid dienone is 3. The zero-order valence-corrected chi connectivity index (χ0v) is 7.31. The fourth-order valence-corrected chi connectivity index (χ4v) is 1.47. The van der Waals surface area contributed by atoms with Crippen molar-refractivity contribution in [2.24, 2.45) is 11.8 Å². The molecule has 0 aromatic carbocycles. The van der Waals surface area contributed by atoms with Crippen LogP contribution in [0.15, 0.2) is 23.7 Å². The molecule has 12 heavy (non-hydrogen) atoms. The molecule has 2 nitrogen and oxygen atoms in total. The minimum Gasteiger partial charge on any atom is -0.331 e. The first-order valence-electron chi connectivity index (χ1n) is 4.21. The molecule has 0 radical (unpaired) electrons. The topological polar surface area (TPSA) is 38.0 Å². The third-order valence-electron chi connectivity index (χ3n) is 2.31. The van der Waals surface area contributed by atoms with Crippen LogP contribution in [0.1, 0.15) is 26.2 Å². The van der Waals surface area contributed by atoms with Crippen LogP contribution in [-0.2, 0) is 0 Å². The highest BCUT2D eigenvalue weighted by Gasteiger charge is 2.15. The second-order valence-corrected chi connectivity index (χ2v) is 3.18. The Morgan fingerprint density at radius 3 is 3.08 bits per heavy atom. The molecular formula is C9H15FN2. The van der Waals surface area contributed by atoms with Crippen LogP contribution in [0.4, 0.5) is 4.39 Å². The lowest BCUT2D eigenvalue weighted by Gasteiger charge is -2.19. The summed E-state index contributed by atoms with van der Waals surface area (Å²) in [5.74, 6) is 5.63. The maximum absolute atomic E-state index is 12.6. The molecule has 68 valence electrons. The van der Waals surface area contributed by atoms with Crippen molar-refractivity contribution < 1.29 is 4.39 Å². The van der Waals surface area contributed by atoms with E-state index in [1.165, 1.54) is 5.57 Å². The van der Waals surface area contributed by atoms with Crippen molar-refractivity contribution in [2.75, 3.05) is 0 Å². The number of hydrazine groups is 1. The average molecular weight is 170 g/mol. The summed E-state index contributed by atoms with van der Waals surface area (Å²) in [5, 5.41) is 0. The summed E-state index contributed by atoms with van der Waals surface area (Å²) in [6.45, 7) is 2.02. The number of hydrogen-bond acceptors (Lipinski definition) is 2. The standard InChI is InChI=1S/C9H15FN2/c1-7(6-12-11)8-2-4-9(10)5-3-8/h4,6,8,12H,2-3,5,11H2,1H3/b7-6+. The van der Waals surface area contributed by atoms with Crippen molar-refractivity contribution in [3.63, 3.8) is 0 Å². The van der Waals surface area contributed by atoms with E-state index < -0.39 is 0 Å². The van der Waals surface area contributed by atoms with E-state index in [-0.39, 0.29) is 5.83 Å². The van der Waals surface area contributed by atoms with Crippen molar-refractivity contribution in [3.8, 4) is 0 Å². The smallest absolute Gasteiger partial charge is 0.0960 e. The molecule has 1 aliphatic carbocycles. The Kier molecular flexibility index (Phi) is 3.29. The molecule has 3 heteroatoms. The van der Waals surface area contributed by atoms with E-state index in [4.69, 9.17) is 5.84 Å². The predicted molar refractivity (Wildman–Crippen MR) is 47.6 cm³/mol. The number of nitrogens with two attached hydrogens (primary N) is 1. The van der Waals surface area contributed by atoms with Gasteiger partial charge in [0.15, 0.2) is 0 Å². The summed E-state index contributed by atoms with van der Waals surface area (Å²) in [7, 11) is 0. The lowest BCUT2D eigenvalue weighted by molar-refractivity contribution is 0.464. The Morgan fingerprint density at radius 2 is 2.58 bits per heavy atom. The molecule has 0 spiro atoms. The molecule has 0 heterocycles. The zero-order valence-electron chi connectivity index (χ0n) is 7.31. The highest BCUT2D eigenvalue weighted by Crippen LogP contribution is 2.28. The first-order valence-corrected chi connectivity index (χ1v) is 4.21. The van der Waals surface area contributed by atoms with E-state index in [1.807, 2.05) is 6.92 Å². The van der Waals surface area contributed by atoms with Crippen molar-refractivity contribution in [1.29, 1.82) is 0 Å². The molecular weight excluding hydrogens is 155 g/mol. The van der Waals surface area contributed by atoms with Crippen LogP contribution < -0.4 is 11.3 Å². The molecule has 1 rings (SSSR count). The van der Waals surface area contributed by atoms with Crippen LogP contribution in [0.2, 0.25) is 0 Å². The minimum atomic E-state index is 0.0276. The summed E-state index contributed by atoms with van der Waals surface area (Å²) in [6.07, 6.45) is 5.71. The quantitative estimate of drug-likeness (QED) is 0.491.